The lowest BCUT2D eigenvalue weighted by Gasteiger charge is -2.02. The SMILES string of the molecule is NC(=S)N/N=C\Cc1nnnn1-c1ccc(Cl)cc1. The van der Waals surface area contributed by atoms with E-state index in [0.717, 1.165) is 5.69 Å². The van der Waals surface area contributed by atoms with Crippen LogP contribution in [-0.4, -0.2) is 31.5 Å². The van der Waals surface area contributed by atoms with Crippen LogP contribution >= 0.6 is 23.8 Å². The zero-order valence-electron chi connectivity index (χ0n) is 9.69. The molecule has 0 bridgehead atoms. The fourth-order valence-corrected chi connectivity index (χ4v) is 1.53. The fraction of sp³-hybridized carbons (Fsp3) is 0.100. The fourth-order valence-electron chi connectivity index (χ4n) is 1.35. The van der Waals surface area contributed by atoms with Crippen LogP contribution in [0.3, 0.4) is 0 Å². The Labute approximate surface area is 119 Å². The van der Waals surface area contributed by atoms with E-state index in [4.69, 9.17) is 17.3 Å². The summed E-state index contributed by atoms with van der Waals surface area (Å²) < 4.78 is 1.60. The van der Waals surface area contributed by atoms with Gasteiger partial charge in [-0.05, 0) is 46.9 Å². The minimum Gasteiger partial charge on any atom is -0.375 e. The lowest BCUT2D eigenvalue weighted by Crippen LogP contribution is -2.24. The third-order valence-electron chi connectivity index (χ3n) is 2.15. The summed E-state index contributed by atoms with van der Waals surface area (Å²) in [4.78, 5) is 0. The Morgan fingerprint density at radius 2 is 2.21 bits per heavy atom. The highest BCUT2D eigenvalue weighted by atomic mass is 35.5. The van der Waals surface area contributed by atoms with Gasteiger partial charge < -0.3 is 5.73 Å². The van der Waals surface area contributed by atoms with Crippen molar-refractivity contribution in [1.29, 1.82) is 0 Å². The molecule has 2 aromatic rings. The molecule has 7 nitrogen and oxygen atoms in total. The third kappa shape index (κ3) is 3.70. The summed E-state index contributed by atoms with van der Waals surface area (Å²) in [6.07, 6.45) is 2.02. The summed E-state index contributed by atoms with van der Waals surface area (Å²) >= 11 is 10.4. The molecule has 1 heterocycles. The van der Waals surface area contributed by atoms with Gasteiger partial charge in [0.15, 0.2) is 10.9 Å². The van der Waals surface area contributed by atoms with Crippen molar-refractivity contribution in [2.75, 3.05) is 0 Å². The molecule has 0 radical (unpaired) electrons. The maximum absolute atomic E-state index is 5.83. The van der Waals surface area contributed by atoms with Crippen LogP contribution in [0.25, 0.3) is 5.69 Å². The van der Waals surface area contributed by atoms with E-state index in [1.807, 2.05) is 12.1 Å². The van der Waals surface area contributed by atoms with Crippen LogP contribution in [-0.2, 0) is 6.42 Å². The quantitative estimate of drug-likeness (QED) is 0.489. The van der Waals surface area contributed by atoms with Gasteiger partial charge in [-0.1, -0.05) is 11.6 Å². The van der Waals surface area contributed by atoms with E-state index in [2.05, 4.69) is 38.3 Å². The number of rotatable bonds is 4. The lowest BCUT2D eigenvalue weighted by atomic mass is 10.3. The molecular formula is C10H10ClN7S. The highest BCUT2D eigenvalue weighted by molar-refractivity contribution is 7.80. The first-order chi connectivity index (χ1) is 9.16. The molecule has 1 aromatic heterocycles. The van der Waals surface area contributed by atoms with E-state index < -0.39 is 0 Å². The normalized spacial score (nSPS) is 10.8. The van der Waals surface area contributed by atoms with E-state index in [-0.39, 0.29) is 5.11 Å². The number of halogens is 1. The largest absolute Gasteiger partial charge is 0.375 e. The Kier molecular flexibility index (Phi) is 4.37. The van der Waals surface area contributed by atoms with E-state index >= 15 is 0 Å². The van der Waals surface area contributed by atoms with Gasteiger partial charge in [0, 0.05) is 17.7 Å². The van der Waals surface area contributed by atoms with Crippen LogP contribution in [0.4, 0.5) is 0 Å². The predicted octanol–water partition coefficient (Wildman–Crippen LogP) is 0.677. The van der Waals surface area contributed by atoms with Crippen molar-refractivity contribution < 1.29 is 0 Å². The van der Waals surface area contributed by atoms with E-state index in [0.29, 0.717) is 17.3 Å². The average Bonchev–Trinajstić information content (AvgIpc) is 2.84. The Bertz CT molecular complexity index is 592. The lowest BCUT2D eigenvalue weighted by molar-refractivity contribution is 0.775. The molecule has 0 aliphatic rings. The topological polar surface area (TPSA) is 94.0 Å². The minimum atomic E-state index is 0.105. The molecule has 9 heteroatoms. The number of hydrazone groups is 1. The van der Waals surface area contributed by atoms with Gasteiger partial charge in [-0.2, -0.15) is 9.78 Å². The van der Waals surface area contributed by atoms with E-state index in [1.165, 1.54) is 0 Å². The summed E-state index contributed by atoms with van der Waals surface area (Å²) in [6, 6.07) is 7.19. The van der Waals surface area contributed by atoms with Gasteiger partial charge in [0.05, 0.1) is 5.69 Å². The van der Waals surface area contributed by atoms with E-state index in [1.54, 1.807) is 23.0 Å². The molecular weight excluding hydrogens is 286 g/mol. The van der Waals surface area contributed by atoms with Crippen LogP contribution in [0.1, 0.15) is 5.82 Å². The average molecular weight is 296 g/mol. The highest BCUT2D eigenvalue weighted by Crippen LogP contribution is 2.13. The molecule has 0 aliphatic carbocycles. The molecule has 0 saturated heterocycles. The Morgan fingerprint density at radius 1 is 1.47 bits per heavy atom. The Morgan fingerprint density at radius 3 is 2.89 bits per heavy atom. The van der Waals surface area contributed by atoms with Crippen molar-refractivity contribution in [3.63, 3.8) is 0 Å². The molecule has 3 N–H and O–H groups in total. The van der Waals surface area contributed by atoms with Crippen molar-refractivity contribution in [1.82, 2.24) is 25.6 Å². The van der Waals surface area contributed by atoms with Crippen molar-refractivity contribution in [3.05, 3.63) is 35.1 Å². The standard InChI is InChI=1S/C10H10ClN7S/c11-7-1-3-8(4-2-7)18-9(14-16-17-18)5-6-13-15-10(12)19/h1-4,6H,5H2,(H3,12,15,19)/b13-6-. The number of hydrogen-bond acceptors (Lipinski definition) is 5. The number of tetrazole rings is 1. The second kappa shape index (κ2) is 6.21. The molecule has 0 aliphatic heterocycles. The summed E-state index contributed by atoms with van der Waals surface area (Å²) in [5, 5.41) is 16.0. The van der Waals surface area contributed by atoms with Gasteiger partial charge in [0.1, 0.15) is 0 Å². The van der Waals surface area contributed by atoms with E-state index in [9.17, 15) is 0 Å². The van der Waals surface area contributed by atoms with Gasteiger partial charge >= 0.3 is 0 Å². The second-order valence-corrected chi connectivity index (χ2v) is 4.35. The Balaban J connectivity index is 2.11. The molecule has 98 valence electrons. The van der Waals surface area contributed by atoms with Gasteiger partial charge in [0.25, 0.3) is 0 Å². The third-order valence-corrected chi connectivity index (χ3v) is 2.49. The number of benzene rings is 1. The van der Waals surface area contributed by atoms with Crippen molar-refractivity contribution >= 4 is 35.1 Å². The maximum atomic E-state index is 5.83. The maximum Gasteiger partial charge on any atom is 0.184 e. The van der Waals surface area contributed by atoms with Crippen molar-refractivity contribution in [2.24, 2.45) is 10.8 Å². The molecule has 0 saturated carbocycles. The van der Waals surface area contributed by atoms with Crippen LogP contribution in [0.15, 0.2) is 29.4 Å². The Hall–Kier alpha value is -2.06. The number of nitrogens with two attached hydrogens (primary N) is 1. The highest BCUT2D eigenvalue weighted by Gasteiger charge is 2.06. The molecule has 2 rings (SSSR count). The molecule has 0 spiro atoms. The van der Waals surface area contributed by atoms with Gasteiger partial charge in [-0.25, -0.2) is 0 Å². The number of nitrogens with one attached hydrogen (secondary N) is 1. The first-order valence-electron chi connectivity index (χ1n) is 5.27. The van der Waals surface area contributed by atoms with Crippen LogP contribution in [0.2, 0.25) is 5.02 Å². The van der Waals surface area contributed by atoms with Crippen LogP contribution in [0.5, 0.6) is 0 Å². The number of hydrogen-bond donors (Lipinski definition) is 2. The van der Waals surface area contributed by atoms with Gasteiger partial charge in [-0.15, -0.1) is 5.10 Å². The first kappa shape index (κ1) is 13.4. The monoisotopic (exact) mass is 295 g/mol. The van der Waals surface area contributed by atoms with Crippen molar-refractivity contribution in [2.45, 2.75) is 6.42 Å². The van der Waals surface area contributed by atoms with Crippen molar-refractivity contribution in [3.8, 4) is 5.69 Å². The summed E-state index contributed by atoms with van der Waals surface area (Å²) in [7, 11) is 0. The van der Waals surface area contributed by atoms with Gasteiger partial charge in [-0.3, -0.25) is 5.43 Å². The molecule has 0 fully saturated rings. The first-order valence-corrected chi connectivity index (χ1v) is 6.05. The smallest absolute Gasteiger partial charge is 0.184 e. The predicted molar refractivity (Wildman–Crippen MR) is 76.3 cm³/mol. The summed E-state index contributed by atoms with van der Waals surface area (Å²) in [6.45, 7) is 0. The van der Waals surface area contributed by atoms with Crippen LogP contribution < -0.4 is 11.2 Å². The van der Waals surface area contributed by atoms with Crippen LogP contribution in [0, 0.1) is 0 Å². The molecule has 1 aromatic carbocycles. The summed E-state index contributed by atoms with van der Waals surface area (Å²) in [5.41, 5.74) is 8.51. The van der Waals surface area contributed by atoms with Gasteiger partial charge in [0.2, 0.25) is 0 Å². The summed E-state index contributed by atoms with van der Waals surface area (Å²) in [5.74, 6) is 0.635. The number of nitrogens with zero attached hydrogens (tertiary/aromatic N) is 5. The minimum absolute atomic E-state index is 0.105. The molecule has 19 heavy (non-hydrogen) atoms. The molecule has 0 amide bonds. The zero-order chi connectivity index (χ0) is 13.7. The molecule has 0 unspecified atom stereocenters. The number of aromatic nitrogens is 4. The second-order valence-electron chi connectivity index (χ2n) is 3.48. The zero-order valence-corrected chi connectivity index (χ0v) is 11.3. The molecule has 0 atom stereocenters. The number of thiocarbonyl (C=S) groups is 1.